The summed E-state index contributed by atoms with van der Waals surface area (Å²) in [6.45, 7) is 0.742. The Bertz CT molecular complexity index is 506. The lowest BCUT2D eigenvalue weighted by Crippen LogP contribution is -2.44. The van der Waals surface area contributed by atoms with Crippen molar-refractivity contribution in [1.29, 1.82) is 0 Å². The number of nitrogen functional groups attached to an aromatic ring is 1. The monoisotopic (exact) mass is 316 g/mol. The summed E-state index contributed by atoms with van der Waals surface area (Å²) in [7, 11) is 0. The zero-order valence-corrected chi connectivity index (χ0v) is 12.6. The van der Waals surface area contributed by atoms with Gasteiger partial charge in [-0.2, -0.15) is 0 Å². The third-order valence-electron chi connectivity index (χ3n) is 3.63. The van der Waals surface area contributed by atoms with Crippen molar-refractivity contribution < 1.29 is 9.90 Å². The number of aliphatic hydroxyl groups is 1. The first-order valence-corrected chi connectivity index (χ1v) is 7.46. The van der Waals surface area contributed by atoms with E-state index in [4.69, 9.17) is 34.0 Å². The highest BCUT2D eigenvalue weighted by Crippen LogP contribution is 2.31. The molecule has 0 radical (unpaired) electrons. The third-order valence-corrected chi connectivity index (χ3v) is 4.43. The van der Waals surface area contributed by atoms with Gasteiger partial charge in [0.2, 0.25) is 0 Å². The van der Waals surface area contributed by atoms with Crippen molar-refractivity contribution in [2.45, 2.75) is 31.7 Å². The van der Waals surface area contributed by atoms with Crippen LogP contribution in [0.25, 0.3) is 0 Å². The van der Waals surface area contributed by atoms with Crippen molar-refractivity contribution in [3.8, 4) is 0 Å². The van der Waals surface area contributed by atoms with E-state index in [0.29, 0.717) is 24.2 Å². The molecule has 2 rings (SSSR count). The first kappa shape index (κ1) is 15.4. The summed E-state index contributed by atoms with van der Waals surface area (Å²) in [6.07, 6.45) is 3.51. The second-order valence-corrected chi connectivity index (χ2v) is 5.81. The minimum atomic E-state index is -0.164. The maximum Gasteiger partial charge on any atom is 0.255 e. The number of carbonyl (C=O) groups excluding carboxylic acids is 1. The summed E-state index contributed by atoms with van der Waals surface area (Å²) in [6, 6.07) is 3.14. The van der Waals surface area contributed by atoms with Gasteiger partial charge < -0.3 is 15.7 Å². The lowest BCUT2D eigenvalue weighted by Gasteiger charge is -2.36. The van der Waals surface area contributed by atoms with Crippen molar-refractivity contribution >= 4 is 34.8 Å². The van der Waals surface area contributed by atoms with Crippen LogP contribution in [0.2, 0.25) is 10.0 Å². The molecule has 3 N–H and O–H groups in total. The Hall–Kier alpha value is -0.970. The van der Waals surface area contributed by atoms with Crippen LogP contribution in [0.5, 0.6) is 0 Å². The molecule has 1 saturated heterocycles. The van der Waals surface area contributed by atoms with Gasteiger partial charge in [-0.1, -0.05) is 23.2 Å². The van der Waals surface area contributed by atoms with Crippen LogP contribution >= 0.6 is 23.2 Å². The number of likely N-dealkylation sites (tertiary alicyclic amines) is 1. The Labute approximate surface area is 128 Å². The number of carbonyl (C=O) groups is 1. The minimum absolute atomic E-state index is 0.0533. The Morgan fingerprint density at radius 1 is 1.40 bits per heavy atom. The average molecular weight is 317 g/mol. The molecule has 1 aromatic carbocycles. The lowest BCUT2D eigenvalue weighted by atomic mass is 9.98. The van der Waals surface area contributed by atoms with Gasteiger partial charge in [0, 0.05) is 24.9 Å². The van der Waals surface area contributed by atoms with Crippen LogP contribution < -0.4 is 5.73 Å². The van der Waals surface area contributed by atoms with Crippen molar-refractivity contribution in [2.24, 2.45) is 0 Å². The molecule has 0 bridgehead atoms. The summed E-state index contributed by atoms with van der Waals surface area (Å²) in [4.78, 5) is 14.4. The zero-order chi connectivity index (χ0) is 14.7. The van der Waals surface area contributed by atoms with Crippen molar-refractivity contribution in [2.75, 3.05) is 18.9 Å². The SMILES string of the molecule is Nc1cc(Cl)c(Cl)c(C(=O)N2CCCCC2CCO)c1. The number of aliphatic hydroxyl groups excluding tert-OH is 1. The van der Waals surface area contributed by atoms with Crippen molar-refractivity contribution in [1.82, 2.24) is 4.90 Å². The van der Waals surface area contributed by atoms with E-state index in [-0.39, 0.29) is 28.6 Å². The first-order chi connectivity index (χ1) is 9.54. The van der Waals surface area contributed by atoms with E-state index < -0.39 is 0 Å². The standard InChI is InChI=1S/C14H18Cl2N2O2/c15-12-8-9(17)7-11(13(12)16)14(20)18-5-2-1-3-10(18)4-6-19/h7-8,10,19H,1-6,17H2. The van der Waals surface area contributed by atoms with Crippen molar-refractivity contribution in [3.05, 3.63) is 27.7 Å². The Balaban J connectivity index is 2.29. The van der Waals surface area contributed by atoms with E-state index in [1.807, 2.05) is 0 Å². The number of hydrogen-bond donors (Lipinski definition) is 2. The molecule has 20 heavy (non-hydrogen) atoms. The number of nitrogens with zero attached hydrogens (tertiary/aromatic N) is 1. The highest BCUT2D eigenvalue weighted by Gasteiger charge is 2.28. The Morgan fingerprint density at radius 3 is 2.85 bits per heavy atom. The van der Waals surface area contributed by atoms with Crippen LogP contribution in [0.4, 0.5) is 5.69 Å². The highest BCUT2D eigenvalue weighted by atomic mass is 35.5. The fourth-order valence-corrected chi connectivity index (χ4v) is 3.06. The Kier molecular flexibility index (Phi) is 5.13. The number of benzene rings is 1. The second-order valence-electron chi connectivity index (χ2n) is 5.02. The molecule has 110 valence electrons. The highest BCUT2D eigenvalue weighted by molar-refractivity contribution is 6.44. The van der Waals surface area contributed by atoms with Crippen LogP contribution in [-0.4, -0.2) is 35.1 Å². The van der Waals surface area contributed by atoms with Gasteiger partial charge >= 0.3 is 0 Å². The molecule has 1 aliphatic rings. The van der Waals surface area contributed by atoms with Gasteiger partial charge in [-0.3, -0.25) is 4.79 Å². The fourth-order valence-electron chi connectivity index (χ4n) is 2.64. The number of halogens is 2. The molecule has 1 fully saturated rings. The number of anilines is 1. The normalized spacial score (nSPS) is 19.1. The van der Waals surface area contributed by atoms with E-state index >= 15 is 0 Å². The van der Waals surface area contributed by atoms with Crippen LogP contribution in [0.15, 0.2) is 12.1 Å². The summed E-state index contributed by atoms with van der Waals surface area (Å²) >= 11 is 12.1. The Morgan fingerprint density at radius 2 is 2.15 bits per heavy atom. The summed E-state index contributed by atoms with van der Waals surface area (Å²) in [5, 5.41) is 9.64. The van der Waals surface area contributed by atoms with E-state index in [9.17, 15) is 4.79 Å². The minimum Gasteiger partial charge on any atom is -0.399 e. The molecule has 0 saturated carbocycles. The van der Waals surface area contributed by atoms with E-state index in [2.05, 4.69) is 0 Å². The summed E-state index contributed by atoms with van der Waals surface area (Å²) in [5.41, 5.74) is 6.49. The molecule has 0 spiro atoms. The van der Waals surface area contributed by atoms with Gasteiger partial charge in [-0.25, -0.2) is 0 Å². The number of nitrogens with two attached hydrogens (primary N) is 1. The fraction of sp³-hybridized carbons (Fsp3) is 0.500. The summed E-state index contributed by atoms with van der Waals surface area (Å²) < 4.78 is 0. The smallest absolute Gasteiger partial charge is 0.255 e. The maximum absolute atomic E-state index is 12.7. The topological polar surface area (TPSA) is 66.6 Å². The van der Waals surface area contributed by atoms with Crippen LogP contribution in [-0.2, 0) is 0 Å². The zero-order valence-electron chi connectivity index (χ0n) is 11.1. The predicted molar refractivity (Wildman–Crippen MR) is 81.3 cm³/mol. The van der Waals surface area contributed by atoms with Gasteiger partial charge in [0.05, 0.1) is 15.6 Å². The van der Waals surface area contributed by atoms with Crippen molar-refractivity contribution in [3.63, 3.8) is 0 Å². The lowest BCUT2D eigenvalue weighted by molar-refractivity contribution is 0.0575. The molecule has 1 heterocycles. The molecule has 1 amide bonds. The largest absolute Gasteiger partial charge is 0.399 e. The number of amides is 1. The summed E-state index contributed by atoms with van der Waals surface area (Å²) in [5.74, 6) is -0.164. The van der Waals surface area contributed by atoms with Crippen LogP contribution in [0.1, 0.15) is 36.0 Å². The van der Waals surface area contributed by atoms with Crippen LogP contribution in [0.3, 0.4) is 0 Å². The average Bonchev–Trinajstić information content (AvgIpc) is 2.43. The van der Waals surface area contributed by atoms with E-state index in [1.54, 1.807) is 11.0 Å². The molecule has 0 aromatic heterocycles. The molecular formula is C14H18Cl2N2O2. The number of rotatable bonds is 3. The quantitative estimate of drug-likeness (QED) is 0.842. The third kappa shape index (κ3) is 3.19. The molecule has 6 heteroatoms. The molecule has 1 unspecified atom stereocenters. The van der Waals surface area contributed by atoms with Gasteiger partial charge in [0.15, 0.2) is 0 Å². The number of hydrogen-bond acceptors (Lipinski definition) is 3. The first-order valence-electron chi connectivity index (χ1n) is 6.71. The van der Waals surface area contributed by atoms with E-state index in [1.165, 1.54) is 6.07 Å². The van der Waals surface area contributed by atoms with Gasteiger partial charge in [-0.05, 0) is 37.8 Å². The number of piperidine rings is 1. The molecule has 4 nitrogen and oxygen atoms in total. The maximum atomic E-state index is 12.7. The van der Waals surface area contributed by atoms with E-state index in [0.717, 1.165) is 19.3 Å². The molecule has 1 aromatic rings. The second kappa shape index (κ2) is 6.66. The molecule has 1 aliphatic heterocycles. The van der Waals surface area contributed by atoms with Gasteiger partial charge in [0.1, 0.15) is 0 Å². The van der Waals surface area contributed by atoms with Crippen LogP contribution in [0, 0.1) is 0 Å². The molecule has 1 atom stereocenters. The molecule has 0 aliphatic carbocycles. The molecular weight excluding hydrogens is 299 g/mol. The predicted octanol–water partition coefficient (Wildman–Crippen LogP) is 2.95. The van der Waals surface area contributed by atoms with Gasteiger partial charge in [-0.15, -0.1) is 0 Å². The van der Waals surface area contributed by atoms with Gasteiger partial charge in [0.25, 0.3) is 5.91 Å².